The maximum atomic E-state index is 12.0. The molecule has 0 saturated heterocycles. The average Bonchev–Trinajstić information content (AvgIpc) is 2.19. The van der Waals surface area contributed by atoms with Crippen molar-refractivity contribution in [1.82, 2.24) is 4.90 Å². The predicted octanol–water partition coefficient (Wildman–Crippen LogP) is 2.07. The summed E-state index contributed by atoms with van der Waals surface area (Å²) in [5, 5.41) is 7.74. The molecule has 0 bridgehead atoms. The number of hydrogen-bond donors (Lipinski definition) is 1. The van der Waals surface area contributed by atoms with Crippen molar-refractivity contribution in [1.29, 1.82) is 5.41 Å². The van der Waals surface area contributed by atoms with Crippen molar-refractivity contribution in [2.45, 2.75) is 13.8 Å². The molecule has 0 amide bonds. The van der Waals surface area contributed by atoms with Gasteiger partial charge in [-0.05, 0) is 39.6 Å². The first-order valence-corrected chi connectivity index (χ1v) is 5.26. The van der Waals surface area contributed by atoms with Crippen LogP contribution in [0.25, 0.3) is 0 Å². The van der Waals surface area contributed by atoms with Gasteiger partial charge in [0.15, 0.2) is 0 Å². The fraction of sp³-hybridized carbons (Fsp3) is 0.385. The molecule has 0 atom stereocenters. The SMILES string of the molecule is Cc1ccc(C)c(C(=O)C(=N)CN(C)C)c1. The molecule has 0 spiro atoms. The lowest BCUT2D eigenvalue weighted by Gasteiger charge is -2.11. The Kier molecular flexibility index (Phi) is 3.96. The molecule has 0 unspecified atom stereocenters. The summed E-state index contributed by atoms with van der Waals surface area (Å²) in [6.07, 6.45) is 0. The Morgan fingerprint density at radius 2 is 1.94 bits per heavy atom. The highest BCUT2D eigenvalue weighted by atomic mass is 16.1. The van der Waals surface area contributed by atoms with E-state index in [0.29, 0.717) is 12.1 Å². The molecule has 0 aliphatic heterocycles. The quantitative estimate of drug-likeness (QED) is 0.621. The van der Waals surface area contributed by atoms with Crippen LogP contribution in [0.2, 0.25) is 0 Å². The van der Waals surface area contributed by atoms with Crippen LogP contribution in [-0.2, 0) is 0 Å². The molecule has 1 N–H and O–H groups in total. The van der Waals surface area contributed by atoms with E-state index >= 15 is 0 Å². The normalized spacial score (nSPS) is 10.6. The Morgan fingerprint density at radius 1 is 1.31 bits per heavy atom. The van der Waals surface area contributed by atoms with Crippen LogP contribution in [0.5, 0.6) is 0 Å². The minimum atomic E-state index is -0.171. The molecule has 1 aromatic carbocycles. The van der Waals surface area contributed by atoms with E-state index in [4.69, 9.17) is 5.41 Å². The maximum Gasteiger partial charge on any atom is 0.208 e. The highest BCUT2D eigenvalue weighted by Crippen LogP contribution is 2.12. The van der Waals surface area contributed by atoms with Crippen LogP contribution >= 0.6 is 0 Å². The second-order valence-electron chi connectivity index (χ2n) is 4.36. The zero-order chi connectivity index (χ0) is 12.3. The molecule has 0 aromatic heterocycles. The lowest BCUT2D eigenvalue weighted by molar-refractivity contribution is 0.106. The lowest BCUT2D eigenvalue weighted by atomic mass is 9.99. The van der Waals surface area contributed by atoms with Crippen LogP contribution in [-0.4, -0.2) is 37.0 Å². The van der Waals surface area contributed by atoms with Crippen molar-refractivity contribution in [3.05, 3.63) is 34.9 Å². The third-order valence-corrected chi connectivity index (χ3v) is 2.39. The number of nitrogens with one attached hydrogen (secondary N) is 1. The lowest BCUT2D eigenvalue weighted by Crippen LogP contribution is -2.27. The highest BCUT2D eigenvalue weighted by molar-refractivity contribution is 6.45. The summed E-state index contributed by atoms with van der Waals surface area (Å²) in [4.78, 5) is 13.8. The van der Waals surface area contributed by atoms with E-state index in [9.17, 15) is 4.79 Å². The summed E-state index contributed by atoms with van der Waals surface area (Å²) < 4.78 is 0. The summed E-state index contributed by atoms with van der Waals surface area (Å²) in [6, 6.07) is 5.75. The number of nitrogens with zero attached hydrogens (tertiary/aromatic N) is 1. The van der Waals surface area contributed by atoms with E-state index in [2.05, 4.69) is 0 Å². The minimum Gasteiger partial charge on any atom is -0.303 e. The molecule has 1 rings (SSSR count). The molecule has 16 heavy (non-hydrogen) atoms. The van der Waals surface area contributed by atoms with Crippen molar-refractivity contribution in [3.63, 3.8) is 0 Å². The standard InChI is InChI=1S/C13H18N2O/c1-9-5-6-10(2)11(7-9)13(16)12(14)8-15(3)4/h5-7,14H,8H2,1-4H3. The molecule has 0 aliphatic carbocycles. The van der Waals surface area contributed by atoms with Crippen LogP contribution in [0, 0.1) is 19.3 Å². The van der Waals surface area contributed by atoms with Gasteiger partial charge in [0.1, 0.15) is 0 Å². The molecular formula is C13H18N2O. The number of benzene rings is 1. The van der Waals surface area contributed by atoms with Gasteiger partial charge in [-0.2, -0.15) is 0 Å². The number of carbonyl (C=O) groups is 1. The zero-order valence-corrected chi connectivity index (χ0v) is 10.3. The molecule has 3 nitrogen and oxygen atoms in total. The van der Waals surface area contributed by atoms with Crippen molar-refractivity contribution >= 4 is 11.5 Å². The van der Waals surface area contributed by atoms with Gasteiger partial charge in [-0.25, -0.2) is 0 Å². The molecular weight excluding hydrogens is 200 g/mol. The van der Waals surface area contributed by atoms with Gasteiger partial charge in [-0.1, -0.05) is 17.7 Å². The number of rotatable bonds is 4. The number of aryl methyl sites for hydroxylation is 2. The second-order valence-corrected chi connectivity index (χ2v) is 4.36. The topological polar surface area (TPSA) is 44.2 Å². The summed E-state index contributed by atoms with van der Waals surface area (Å²) >= 11 is 0. The van der Waals surface area contributed by atoms with Crippen molar-refractivity contribution in [2.24, 2.45) is 0 Å². The van der Waals surface area contributed by atoms with Gasteiger partial charge in [0.05, 0.1) is 5.71 Å². The van der Waals surface area contributed by atoms with E-state index in [1.165, 1.54) is 0 Å². The Bertz CT molecular complexity index is 422. The fourth-order valence-electron chi connectivity index (χ4n) is 1.53. The third-order valence-electron chi connectivity index (χ3n) is 2.39. The van der Waals surface area contributed by atoms with E-state index < -0.39 is 0 Å². The van der Waals surface area contributed by atoms with Crippen LogP contribution in [0.4, 0.5) is 0 Å². The number of Topliss-reactive ketones (excluding diaryl/α,β-unsaturated/α-hetero) is 1. The van der Waals surface area contributed by atoms with E-state index in [1.807, 2.05) is 51.0 Å². The monoisotopic (exact) mass is 218 g/mol. The van der Waals surface area contributed by atoms with Crippen molar-refractivity contribution < 1.29 is 4.79 Å². The van der Waals surface area contributed by atoms with Gasteiger partial charge >= 0.3 is 0 Å². The van der Waals surface area contributed by atoms with E-state index in [1.54, 1.807) is 0 Å². The van der Waals surface area contributed by atoms with Crippen LogP contribution < -0.4 is 0 Å². The van der Waals surface area contributed by atoms with Gasteiger partial charge < -0.3 is 4.90 Å². The smallest absolute Gasteiger partial charge is 0.208 e. The zero-order valence-electron chi connectivity index (χ0n) is 10.3. The molecule has 0 aliphatic rings. The average molecular weight is 218 g/mol. The molecule has 0 heterocycles. The number of hydrogen-bond acceptors (Lipinski definition) is 3. The molecule has 1 aromatic rings. The maximum absolute atomic E-state index is 12.0. The Labute approximate surface area is 96.6 Å². The number of ketones is 1. The van der Waals surface area contributed by atoms with Gasteiger partial charge in [0.2, 0.25) is 5.78 Å². The minimum absolute atomic E-state index is 0.138. The first kappa shape index (κ1) is 12.6. The van der Waals surface area contributed by atoms with Gasteiger partial charge in [-0.3, -0.25) is 10.2 Å². The molecule has 3 heteroatoms. The van der Waals surface area contributed by atoms with Crippen molar-refractivity contribution in [3.8, 4) is 0 Å². The first-order valence-electron chi connectivity index (χ1n) is 5.26. The largest absolute Gasteiger partial charge is 0.303 e. The van der Waals surface area contributed by atoms with E-state index in [0.717, 1.165) is 11.1 Å². The Morgan fingerprint density at radius 3 is 2.50 bits per heavy atom. The highest BCUT2D eigenvalue weighted by Gasteiger charge is 2.15. The van der Waals surface area contributed by atoms with Gasteiger partial charge in [0, 0.05) is 12.1 Å². The van der Waals surface area contributed by atoms with Gasteiger partial charge in [0.25, 0.3) is 0 Å². The Balaban J connectivity index is 2.96. The number of carbonyl (C=O) groups excluding carboxylic acids is 1. The summed E-state index contributed by atoms with van der Waals surface area (Å²) in [5.41, 5.74) is 2.76. The van der Waals surface area contributed by atoms with Gasteiger partial charge in [-0.15, -0.1) is 0 Å². The fourth-order valence-corrected chi connectivity index (χ4v) is 1.53. The van der Waals surface area contributed by atoms with Crippen LogP contribution in [0.3, 0.4) is 0 Å². The first-order chi connectivity index (χ1) is 7.41. The van der Waals surface area contributed by atoms with Crippen LogP contribution in [0.1, 0.15) is 21.5 Å². The molecule has 0 radical (unpaired) electrons. The molecule has 0 fully saturated rings. The van der Waals surface area contributed by atoms with Crippen molar-refractivity contribution in [2.75, 3.05) is 20.6 Å². The second kappa shape index (κ2) is 5.03. The van der Waals surface area contributed by atoms with Crippen LogP contribution in [0.15, 0.2) is 18.2 Å². The molecule has 86 valence electrons. The summed E-state index contributed by atoms with van der Waals surface area (Å²) in [6.45, 7) is 4.23. The third kappa shape index (κ3) is 3.00. The Hall–Kier alpha value is -1.48. The molecule has 0 saturated carbocycles. The summed E-state index contributed by atoms with van der Waals surface area (Å²) in [7, 11) is 3.70. The predicted molar refractivity (Wildman–Crippen MR) is 66.5 cm³/mol. The summed E-state index contributed by atoms with van der Waals surface area (Å²) in [5.74, 6) is -0.171. The van der Waals surface area contributed by atoms with E-state index in [-0.39, 0.29) is 11.5 Å².